The van der Waals surface area contributed by atoms with E-state index in [1.807, 2.05) is 24.3 Å². The first-order valence-corrected chi connectivity index (χ1v) is 12.3. The molecule has 0 unspecified atom stereocenters. The van der Waals surface area contributed by atoms with Gasteiger partial charge in [0.1, 0.15) is 12.7 Å². The SMILES string of the molecule is O=C(c1ccc(-n2cncn2)cc1)N1CCN(S(=O)(=O)c2ccc3c(c2)CCCC3)CC1. The quantitative estimate of drug-likeness (QED) is 0.607. The molecule has 1 aromatic heterocycles. The number of hydrogen-bond acceptors (Lipinski definition) is 5. The number of sulfonamides is 1. The summed E-state index contributed by atoms with van der Waals surface area (Å²) in [6, 6.07) is 12.7. The third-order valence-corrected chi connectivity index (χ3v) is 8.18. The molecule has 2 aliphatic rings. The first kappa shape index (κ1) is 20.8. The Morgan fingerprint density at radius 1 is 0.875 bits per heavy atom. The molecule has 1 aliphatic carbocycles. The van der Waals surface area contributed by atoms with E-state index in [1.54, 1.807) is 34.1 Å². The van der Waals surface area contributed by atoms with Gasteiger partial charge in [0.05, 0.1) is 10.6 Å². The van der Waals surface area contributed by atoms with E-state index in [-0.39, 0.29) is 5.91 Å². The fourth-order valence-corrected chi connectivity index (χ4v) is 5.91. The Morgan fingerprint density at radius 3 is 2.28 bits per heavy atom. The van der Waals surface area contributed by atoms with Crippen LogP contribution in [0.25, 0.3) is 5.69 Å². The smallest absolute Gasteiger partial charge is 0.253 e. The number of rotatable bonds is 4. The minimum atomic E-state index is -3.56. The molecule has 1 fully saturated rings. The lowest BCUT2D eigenvalue weighted by molar-refractivity contribution is 0.0698. The van der Waals surface area contributed by atoms with Gasteiger partial charge in [-0.3, -0.25) is 4.79 Å². The predicted octanol–water partition coefficient (Wildman–Crippen LogP) is 2.29. The van der Waals surface area contributed by atoms with Crippen LogP contribution >= 0.6 is 0 Å². The molecule has 2 aromatic carbocycles. The van der Waals surface area contributed by atoms with E-state index in [4.69, 9.17) is 0 Å². The molecule has 0 bridgehead atoms. The minimum absolute atomic E-state index is 0.0963. The third-order valence-electron chi connectivity index (χ3n) is 6.28. The van der Waals surface area contributed by atoms with Crippen molar-refractivity contribution in [2.45, 2.75) is 30.6 Å². The maximum Gasteiger partial charge on any atom is 0.253 e. The highest BCUT2D eigenvalue weighted by Gasteiger charge is 2.31. The van der Waals surface area contributed by atoms with Gasteiger partial charge in [-0.15, -0.1) is 0 Å². The summed E-state index contributed by atoms with van der Waals surface area (Å²) >= 11 is 0. The number of benzene rings is 2. The van der Waals surface area contributed by atoms with Crippen molar-refractivity contribution in [3.05, 3.63) is 71.8 Å². The second-order valence-electron chi connectivity index (χ2n) is 8.22. The summed E-state index contributed by atoms with van der Waals surface area (Å²) in [6.07, 6.45) is 7.29. The van der Waals surface area contributed by atoms with Gasteiger partial charge in [0.2, 0.25) is 10.0 Å². The van der Waals surface area contributed by atoms with E-state index in [2.05, 4.69) is 10.1 Å². The first-order chi connectivity index (χ1) is 15.5. The molecule has 2 heterocycles. The number of amides is 1. The lowest BCUT2D eigenvalue weighted by atomic mass is 9.92. The summed E-state index contributed by atoms with van der Waals surface area (Å²) in [7, 11) is -3.56. The molecule has 0 atom stereocenters. The van der Waals surface area contributed by atoms with Crippen molar-refractivity contribution >= 4 is 15.9 Å². The second-order valence-corrected chi connectivity index (χ2v) is 10.2. The Labute approximate surface area is 187 Å². The maximum atomic E-state index is 13.2. The van der Waals surface area contributed by atoms with Gasteiger partial charge in [0.25, 0.3) is 5.91 Å². The number of hydrogen-bond donors (Lipinski definition) is 0. The van der Waals surface area contributed by atoms with Gasteiger partial charge in [-0.1, -0.05) is 6.07 Å². The van der Waals surface area contributed by atoms with Crippen LogP contribution in [0.15, 0.2) is 60.0 Å². The molecular formula is C23H25N5O3S. The zero-order valence-electron chi connectivity index (χ0n) is 17.7. The molecule has 32 heavy (non-hydrogen) atoms. The van der Waals surface area contributed by atoms with Crippen LogP contribution < -0.4 is 0 Å². The van der Waals surface area contributed by atoms with E-state index in [0.717, 1.165) is 36.9 Å². The number of aryl methyl sites for hydroxylation is 2. The summed E-state index contributed by atoms with van der Waals surface area (Å²) in [5, 5.41) is 4.08. The fraction of sp³-hybridized carbons (Fsp3) is 0.348. The Kier molecular flexibility index (Phi) is 5.52. The molecule has 0 spiro atoms. The largest absolute Gasteiger partial charge is 0.336 e. The van der Waals surface area contributed by atoms with Crippen molar-refractivity contribution in [2.75, 3.05) is 26.2 Å². The van der Waals surface area contributed by atoms with Gasteiger partial charge < -0.3 is 4.90 Å². The third kappa shape index (κ3) is 3.93. The molecule has 166 valence electrons. The molecule has 5 rings (SSSR count). The van der Waals surface area contributed by atoms with Crippen LogP contribution in [0.1, 0.15) is 34.3 Å². The van der Waals surface area contributed by atoms with Crippen LogP contribution in [0.4, 0.5) is 0 Å². The number of nitrogens with zero attached hydrogens (tertiary/aromatic N) is 5. The van der Waals surface area contributed by atoms with E-state index in [0.29, 0.717) is 36.6 Å². The zero-order chi connectivity index (χ0) is 22.1. The highest BCUT2D eigenvalue weighted by atomic mass is 32.2. The summed E-state index contributed by atoms with van der Waals surface area (Å²) in [6.45, 7) is 1.33. The lowest BCUT2D eigenvalue weighted by Gasteiger charge is -2.34. The molecule has 0 radical (unpaired) electrons. The Morgan fingerprint density at radius 2 is 1.59 bits per heavy atom. The second kappa shape index (κ2) is 8.48. The number of carbonyl (C=O) groups is 1. The predicted molar refractivity (Wildman–Crippen MR) is 119 cm³/mol. The van der Waals surface area contributed by atoms with Gasteiger partial charge >= 0.3 is 0 Å². The molecule has 0 N–H and O–H groups in total. The highest BCUT2D eigenvalue weighted by Crippen LogP contribution is 2.26. The van der Waals surface area contributed by atoms with Crippen molar-refractivity contribution in [2.24, 2.45) is 0 Å². The van der Waals surface area contributed by atoms with E-state index in [9.17, 15) is 13.2 Å². The van der Waals surface area contributed by atoms with Gasteiger partial charge in [0.15, 0.2) is 0 Å². The highest BCUT2D eigenvalue weighted by molar-refractivity contribution is 7.89. The van der Waals surface area contributed by atoms with Gasteiger partial charge in [-0.25, -0.2) is 18.1 Å². The molecule has 1 amide bonds. The molecule has 0 saturated carbocycles. The zero-order valence-corrected chi connectivity index (χ0v) is 18.5. The van der Waals surface area contributed by atoms with Gasteiger partial charge in [0, 0.05) is 31.7 Å². The lowest BCUT2D eigenvalue weighted by Crippen LogP contribution is -2.50. The summed E-state index contributed by atoms with van der Waals surface area (Å²) in [4.78, 5) is 18.9. The van der Waals surface area contributed by atoms with Crippen LogP contribution in [-0.4, -0.2) is 64.5 Å². The maximum absolute atomic E-state index is 13.2. The van der Waals surface area contributed by atoms with Crippen LogP contribution in [0, 0.1) is 0 Å². The van der Waals surface area contributed by atoms with Gasteiger partial charge in [-0.05, 0) is 73.2 Å². The molecule has 8 nitrogen and oxygen atoms in total. The van der Waals surface area contributed by atoms with Crippen LogP contribution in [0.5, 0.6) is 0 Å². The Hall–Kier alpha value is -3.04. The number of carbonyl (C=O) groups excluding carboxylic acids is 1. The average molecular weight is 452 g/mol. The van der Waals surface area contributed by atoms with Crippen molar-refractivity contribution in [3.63, 3.8) is 0 Å². The average Bonchev–Trinajstić information content (AvgIpc) is 3.38. The topological polar surface area (TPSA) is 88.4 Å². The standard InChI is InChI=1S/C23H25N5O3S/c29-23(19-5-8-21(9-6-19)28-17-24-16-25-28)26-11-13-27(14-12-26)32(30,31)22-10-7-18-3-1-2-4-20(18)15-22/h5-10,15-17H,1-4,11-14H2. The fourth-order valence-electron chi connectivity index (χ4n) is 4.43. The Bertz CT molecular complexity index is 1220. The van der Waals surface area contributed by atoms with E-state index in [1.165, 1.54) is 16.2 Å². The van der Waals surface area contributed by atoms with Crippen LogP contribution in [0.3, 0.4) is 0 Å². The summed E-state index contributed by atoms with van der Waals surface area (Å²) in [5.74, 6) is -0.0963. The molecular weight excluding hydrogens is 426 g/mol. The molecule has 3 aromatic rings. The van der Waals surface area contributed by atoms with Crippen LogP contribution in [0.2, 0.25) is 0 Å². The summed E-state index contributed by atoms with van der Waals surface area (Å²) in [5.41, 5.74) is 3.81. The molecule has 1 saturated heterocycles. The number of aromatic nitrogens is 3. The minimum Gasteiger partial charge on any atom is -0.336 e. The number of piperazine rings is 1. The molecule has 9 heteroatoms. The molecule has 1 aliphatic heterocycles. The monoisotopic (exact) mass is 451 g/mol. The van der Waals surface area contributed by atoms with Crippen molar-refractivity contribution in [1.29, 1.82) is 0 Å². The van der Waals surface area contributed by atoms with Crippen molar-refractivity contribution < 1.29 is 13.2 Å². The normalized spacial score (nSPS) is 17.2. The van der Waals surface area contributed by atoms with Crippen molar-refractivity contribution in [1.82, 2.24) is 24.0 Å². The van der Waals surface area contributed by atoms with Gasteiger partial charge in [-0.2, -0.15) is 9.40 Å². The van der Waals surface area contributed by atoms with E-state index >= 15 is 0 Å². The summed E-state index contributed by atoms with van der Waals surface area (Å²) < 4.78 is 29.5. The van der Waals surface area contributed by atoms with Crippen molar-refractivity contribution in [3.8, 4) is 5.69 Å². The first-order valence-electron chi connectivity index (χ1n) is 10.9. The Balaban J connectivity index is 1.25. The van der Waals surface area contributed by atoms with E-state index < -0.39 is 10.0 Å². The van der Waals surface area contributed by atoms with Crippen LogP contribution in [-0.2, 0) is 22.9 Å². The number of fused-ring (bicyclic) bond motifs is 1.